The number of hydrogen-bond acceptors (Lipinski definition) is 7. The largest absolute Gasteiger partial charge is 0.481 e. The van der Waals surface area contributed by atoms with Crippen molar-refractivity contribution in [2.24, 2.45) is 5.92 Å². The molecule has 0 spiro atoms. The minimum Gasteiger partial charge on any atom is -0.481 e. The van der Waals surface area contributed by atoms with E-state index in [4.69, 9.17) is 9.84 Å². The van der Waals surface area contributed by atoms with Crippen molar-refractivity contribution in [1.29, 1.82) is 0 Å². The molecule has 0 radical (unpaired) electrons. The molecule has 1 saturated heterocycles. The highest BCUT2D eigenvalue weighted by atomic mass is 32.1. The van der Waals surface area contributed by atoms with Gasteiger partial charge in [-0.3, -0.25) is 9.78 Å². The Morgan fingerprint density at radius 1 is 1.32 bits per heavy atom. The SMILES string of the molecule is O=C(O)C1CCN(c2nsnc2OCc2ccncc2)CC1. The van der Waals surface area contributed by atoms with E-state index in [1.54, 1.807) is 12.4 Å². The molecule has 1 aliphatic rings. The molecule has 0 unspecified atom stereocenters. The van der Waals surface area contributed by atoms with Crippen molar-refractivity contribution in [1.82, 2.24) is 13.7 Å². The maximum Gasteiger partial charge on any atom is 0.306 e. The summed E-state index contributed by atoms with van der Waals surface area (Å²) in [5, 5.41) is 9.05. The molecule has 3 heterocycles. The molecule has 0 saturated carbocycles. The van der Waals surface area contributed by atoms with E-state index in [-0.39, 0.29) is 5.92 Å². The monoisotopic (exact) mass is 320 g/mol. The van der Waals surface area contributed by atoms with Crippen LogP contribution in [-0.4, -0.2) is 37.9 Å². The molecule has 1 N–H and O–H groups in total. The zero-order valence-electron chi connectivity index (χ0n) is 11.9. The van der Waals surface area contributed by atoms with Crippen LogP contribution in [0.15, 0.2) is 24.5 Å². The summed E-state index contributed by atoms with van der Waals surface area (Å²) in [6.07, 6.45) is 4.68. The average molecular weight is 320 g/mol. The number of anilines is 1. The number of ether oxygens (including phenoxy) is 1. The topological polar surface area (TPSA) is 88.4 Å². The summed E-state index contributed by atoms with van der Waals surface area (Å²) in [5.41, 5.74) is 1.01. The summed E-state index contributed by atoms with van der Waals surface area (Å²) in [7, 11) is 0. The fraction of sp³-hybridized carbons (Fsp3) is 0.429. The maximum atomic E-state index is 11.0. The zero-order chi connectivity index (χ0) is 15.4. The van der Waals surface area contributed by atoms with E-state index in [0.717, 1.165) is 17.3 Å². The molecule has 1 aliphatic heterocycles. The average Bonchev–Trinajstić information content (AvgIpc) is 3.02. The lowest BCUT2D eigenvalue weighted by molar-refractivity contribution is -0.142. The number of hydrogen-bond donors (Lipinski definition) is 1. The van der Waals surface area contributed by atoms with Crippen LogP contribution in [0.2, 0.25) is 0 Å². The predicted octanol–water partition coefficient (Wildman–Crippen LogP) is 1.81. The Morgan fingerprint density at radius 2 is 2.05 bits per heavy atom. The van der Waals surface area contributed by atoms with Gasteiger partial charge in [0.15, 0.2) is 0 Å². The summed E-state index contributed by atoms with van der Waals surface area (Å²) in [6, 6.07) is 3.77. The standard InChI is InChI=1S/C14H16N4O3S/c19-14(20)11-3-7-18(8-4-11)12-13(17-22-16-12)21-9-10-1-5-15-6-2-10/h1-2,5-6,11H,3-4,7-9H2,(H,19,20). The highest BCUT2D eigenvalue weighted by molar-refractivity contribution is 6.99. The molecule has 0 bridgehead atoms. The molecule has 0 aliphatic carbocycles. The molecule has 116 valence electrons. The minimum absolute atomic E-state index is 0.260. The molecule has 0 amide bonds. The fourth-order valence-electron chi connectivity index (χ4n) is 2.43. The Balaban J connectivity index is 1.62. The van der Waals surface area contributed by atoms with Crippen LogP contribution >= 0.6 is 11.7 Å². The van der Waals surface area contributed by atoms with Crippen molar-refractivity contribution in [2.75, 3.05) is 18.0 Å². The summed E-state index contributed by atoms with van der Waals surface area (Å²) < 4.78 is 14.2. The Morgan fingerprint density at radius 3 is 2.73 bits per heavy atom. The molecule has 2 aromatic heterocycles. The molecule has 2 aromatic rings. The minimum atomic E-state index is -0.717. The van der Waals surface area contributed by atoms with E-state index in [0.29, 0.717) is 44.2 Å². The third-order valence-electron chi connectivity index (χ3n) is 3.71. The third-order valence-corrected chi connectivity index (χ3v) is 4.21. The molecule has 7 nitrogen and oxygen atoms in total. The van der Waals surface area contributed by atoms with Gasteiger partial charge in [0.25, 0.3) is 5.88 Å². The van der Waals surface area contributed by atoms with Crippen molar-refractivity contribution in [3.8, 4) is 5.88 Å². The van der Waals surface area contributed by atoms with Gasteiger partial charge in [0, 0.05) is 25.5 Å². The van der Waals surface area contributed by atoms with Crippen LogP contribution in [0.1, 0.15) is 18.4 Å². The summed E-state index contributed by atoms with van der Waals surface area (Å²) in [4.78, 5) is 17.0. The van der Waals surface area contributed by atoms with E-state index in [1.165, 1.54) is 0 Å². The van der Waals surface area contributed by atoms with Gasteiger partial charge in [-0.2, -0.15) is 4.37 Å². The van der Waals surface area contributed by atoms with E-state index in [2.05, 4.69) is 13.7 Å². The Bertz CT molecular complexity index is 626. The van der Waals surface area contributed by atoms with Gasteiger partial charge in [0.2, 0.25) is 5.82 Å². The zero-order valence-corrected chi connectivity index (χ0v) is 12.7. The van der Waals surface area contributed by atoms with E-state index in [1.807, 2.05) is 17.0 Å². The van der Waals surface area contributed by atoms with Gasteiger partial charge >= 0.3 is 5.97 Å². The first-order chi connectivity index (χ1) is 10.7. The fourth-order valence-corrected chi connectivity index (χ4v) is 2.95. The van der Waals surface area contributed by atoms with Crippen LogP contribution in [0.3, 0.4) is 0 Å². The first-order valence-corrected chi connectivity index (χ1v) is 7.79. The van der Waals surface area contributed by atoms with Crippen LogP contribution in [0.4, 0.5) is 5.82 Å². The number of piperidine rings is 1. The van der Waals surface area contributed by atoms with E-state index < -0.39 is 5.97 Å². The first-order valence-electron chi connectivity index (χ1n) is 7.06. The number of nitrogens with zero attached hydrogens (tertiary/aromatic N) is 4. The number of rotatable bonds is 5. The Labute approximate surface area is 131 Å². The predicted molar refractivity (Wildman–Crippen MR) is 81.1 cm³/mol. The molecular weight excluding hydrogens is 304 g/mol. The van der Waals surface area contributed by atoms with Crippen LogP contribution in [0, 0.1) is 5.92 Å². The number of carboxylic acids is 1. The van der Waals surface area contributed by atoms with Gasteiger partial charge < -0.3 is 14.7 Å². The van der Waals surface area contributed by atoms with Gasteiger partial charge in [-0.25, -0.2) is 0 Å². The lowest BCUT2D eigenvalue weighted by atomic mass is 9.97. The van der Waals surface area contributed by atoms with Gasteiger partial charge in [-0.1, -0.05) is 0 Å². The first kappa shape index (κ1) is 14.7. The number of aliphatic carboxylic acids is 1. The highest BCUT2D eigenvalue weighted by Gasteiger charge is 2.27. The number of carbonyl (C=O) groups is 1. The second kappa shape index (κ2) is 6.69. The van der Waals surface area contributed by atoms with Crippen molar-refractivity contribution < 1.29 is 14.6 Å². The Kier molecular flexibility index (Phi) is 4.47. The van der Waals surface area contributed by atoms with Crippen LogP contribution in [0.25, 0.3) is 0 Å². The van der Waals surface area contributed by atoms with Crippen LogP contribution < -0.4 is 9.64 Å². The van der Waals surface area contributed by atoms with Crippen molar-refractivity contribution in [2.45, 2.75) is 19.4 Å². The van der Waals surface area contributed by atoms with Gasteiger partial charge in [-0.05, 0) is 30.5 Å². The molecule has 1 fully saturated rings. The smallest absolute Gasteiger partial charge is 0.306 e. The Hall–Kier alpha value is -2.22. The number of aromatic nitrogens is 3. The van der Waals surface area contributed by atoms with E-state index >= 15 is 0 Å². The molecular formula is C14H16N4O3S. The highest BCUT2D eigenvalue weighted by Crippen LogP contribution is 2.30. The number of carboxylic acid groups (broad SMARTS) is 1. The summed E-state index contributed by atoms with van der Waals surface area (Å²) in [6.45, 7) is 1.73. The normalized spacial score (nSPS) is 15.7. The second-order valence-electron chi connectivity index (χ2n) is 5.14. The summed E-state index contributed by atoms with van der Waals surface area (Å²) in [5.74, 6) is 0.243. The van der Waals surface area contributed by atoms with Crippen molar-refractivity contribution in [3.63, 3.8) is 0 Å². The maximum absolute atomic E-state index is 11.0. The second-order valence-corrected chi connectivity index (χ2v) is 5.67. The number of pyridine rings is 1. The van der Waals surface area contributed by atoms with E-state index in [9.17, 15) is 4.79 Å². The van der Waals surface area contributed by atoms with Crippen molar-refractivity contribution >= 4 is 23.5 Å². The lowest BCUT2D eigenvalue weighted by Gasteiger charge is -2.30. The lowest BCUT2D eigenvalue weighted by Crippen LogP contribution is -2.36. The van der Waals surface area contributed by atoms with Crippen molar-refractivity contribution in [3.05, 3.63) is 30.1 Å². The van der Waals surface area contributed by atoms with Gasteiger partial charge in [0.05, 0.1) is 17.6 Å². The quantitative estimate of drug-likeness (QED) is 0.898. The van der Waals surface area contributed by atoms with Gasteiger partial charge in [0.1, 0.15) is 6.61 Å². The molecule has 0 atom stereocenters. The van der Waals surface area contributed by atoms with Gasteiger partial charge in [-0.15, -0.1) is 4.37 Å². The molecule has 0 aromatic carbocycles. The van der Waals surface area contributed by atoms with Crippen LogP contribution in [0.5, 0.6) is 5.88 Å². The molecule has 22 heavy (non-hydrogen) atoms. The third kappa shape index (κ3) is 3.33. The molecule has 3 rings (SSSR count). The van der Waals surface area contributed by atoms with Crippen LogP contribution in [-0.2, 0) is 11.4 Å². The summed E-state index contributed by atoms with van der Waals surface area (Å²) >= 11 is 1.11. The molecule has 8 heteroatoms.